The molecule has 1 heterocycles. The summed E-state index contributed by atoms with van der Waals surface area (Å²) in [6.07, 6.45) is 6.32. The molecule has 2 aromatic rings. The molecule has 1 aliphatic heterocycles. The number of anilines is 2. The zero-order chi connectivity index (χ0) is 18.4. The highest BCUT2D eigenvalue weighted by Gasteiger charge is 2.10. The summed E-state index contributed by atoms with van der Waals surface area (Å²) in [5, 5.41) is 2.78. The Hall–Kier alpha value is -2.40. The predicted molar refractivity (Wildman–Crippen MR) is 109 cm³/mol. The molecule has 1 amide bonds. The molecule has 2 aromatic carbocycles. The van der Waals surface area contributed by atoms with Gasteiger partial charge in [0.25, 0.3) is 0 Å². The Bertz CT molecular complexity index is 792. The molecule has 0 unspecified atom stereocenters. The minimum absolute atomic E-state index is 0.201. The van der Waals surface area contributed by atoms with Crippen LogP contribution in [0.2, 0.25) is 0 Å². The summed E-state index contributed by atoms with van der Waals surface area (Å²) in [6.45, 7) is 2.18. The Morgan fingerprint density at radius 2 is 1.54 bits per heavy atom. The van der Waals surface area contributed by atoms with Gasteiger partial charge < -0.3 is 10.2 Å². The van der Waals surface area contributed by atoms with Crippen LogP contribution in [0.25, 0.3) is 0 Å². The van der Waals surface area contributed by atoms with Gasteiger partial charge in [0, 0.05) is 40.6 Å². The number of rotatable bonds is 5. The van der Waals surface area contributed by atoms with E-state index >= 15 is 0 Å². The van der Waals surface area contributed by atoms with Crippen molar-refractivity contribution in [2.75, 3.05) is 23.3 Å². The van der Waals surface area contributed by atoms with E-state index in [0.717, 1.165) is 23.2 Å². The first-order valence-corrected chi connectivity index (χ1v) is 9.55. The average Bonchev–Trinajstić information content (AvgIpc) is 2.68. The quantitative estimate of drug-likeness (QED) is 0.565. The second-order valence-electron chi connectivity index (χ2n) is 6.29. The highest BCUT2D eigenvalue weighted by atomic mass is 79.9. The van der Waals surface area contributed by atoms with Crippen molar-refractivity contribution in [3.05, 3.63) is 70.7 Å². The first-order chi connectivity index (χ1) is 12.6. The van der Waals surface area contributed by atoms with Crippen LogP contribution < -0.4 is 10.2 Å². The molecule has 134 valence electrons. The highest BCUT2D eigenvalue weighted by Crippen LogP contribution is 2.21. The maximum Gasteiger partial charge on any atom is 0.248 e. The molecule has 4 nitrogen and oxygen atoms in total. The van der Waals surface area contributed by atoms with E-state index in [-0.39, 0.29) is 11.7 Å². The van der Waals surface area contributed by atoms with E-state index in [9.17, 15) is 9.59 Å². The molecule has 26 heavy (non-hydrogen) atoms. The fourth-order valence-corrected chi connectivity index (χ4v) is 3.22. The molecule has 0 bridgehead atoms. The van der Waals surface area contributed by atoms with Gasteiger partial charge in [-0.05, 0) is 73.9 Å². The molecular formula is C21H21BrN2O2. The number of piperidine rings is 1. The first-order valence-electron chi connectivity index (χ1n) is 8.76. The van der Waals surface area contributed by atoms with Gasteiger partial charge in [-0.1, -0.05) is 15.9 Å². The third-order valence-corrected chi connectivity index (χ3v) is 4.90. The van der Waals surface area contributed by atoms with Crippen LogP contribution >= 0.6 is 15.9 Å². The minimum Gasteiger partial charge on any atom is -0.372 e. The normalized spacial score (nSPS) is 14.4. The summed E-state index contributed by atoms with van der Waals surface area (Å²) in [6, 6.07) is 14.9. The molecule has 0 radical (unpaired) electrons. The minimum atomic E-state index is -0.318. The molecule has 0 aromatic heterocycles. The Kier molecular flexibility index (Phi) is 6.23. The zero-order valence-corrected chi connectivity index (χ0v) is 16.0. The van der Waals surface area contributed by atoms with Gasteiger partial charge in [0.05, 0.1) is 0 Å². The number of ketones is 1. The molecule has 1 aliphatic rings. The summed E-state index contributed by atoms with van der Waals surface area (Å²) in [4.78, 5) is 26.4. The van der Waals surface area contributed by atoms with E-state index in [1.165, 1.54) is 37.1 Å². The van der Waals surface area contributed by atoms with Gasteiger partial charge in [0.1, 0.15) is 0 Å². The van der Waals surface area contributed by atoms with E-state index in [0.29, 0.717) is 5.56 Å². The van der Waals surface area contributed by atoms with E-state index in [1.807, 2.05) is 24.3 Å². The van der Waals surface area contributed by atoms with Crippen molar-refractivity contribution in [2.45, 2.75) is 19.3 Å². The lowest BCUT2D eigenvalue weighted by atomic mass is 10.1. The van der Waals surface area contributed by atoms with Crippen LogP contribution in [0.1, 0.15) is 29.6 Å². The topological polar surface area (TPSA) is 49.4 Å². The third-order valence-electron chi connectivity index (χ3n) is 4.37. The number of allylic oxidation sites excluding steroid dienone is 1. The SMILES string of the molecule is O=C(/C=C/C(=O)c1ccc(Br)cc1)Nc1ccc(N2CCCCC2)cc1. The Balaban J connectivity index is 1.55. The Morgan fingerprint density at radius 3 is 2.19 bits per heavy atom. The number of nitrogens with one attached hydrogen (secondary N) is 1. The van der Waals surface area contributed by atoms with E-state index in [4.69, 9.17) is 0 Å². The van der Waals surface area contributed by atoms with Gasteiger partial charge in [-0.2, -0.15) is 0 Å². The van der Waals surface area contributed by atoms with Crippen molar-refractivity contribution in [1.82, 2.24) is 0 Å². The lowest BCUT2D eigenvalue weighted by Crippen LogP contribution is -2.29. The lowest BCUT2D eigenvalue weighted by Gasteiger charge is -2.28. The molecule has 1 saturated heterocycles. The fourth-order valence-electron chi connectivity index (χ4n) is 2.95. The zero-order valence-electron chi connectivity index (χ0n) is 14.5. The number of hydrogen-bond donors (Lipinski definition) is 1. The molecule has 3 rings (SSSR count). The molecule has 0 spiro atoms. The van der Waals surface area contributed by atoms with Gasteiger partial charge >= 0.3 is 0 Å². The molecule has 5 heteroatoms. The summed E-state index contributed by atoms with van der Waals surface area (Å²) in [7, 11) is 0. The summed E-state index contributed by atoms with van der Waals surface area (Å²) in [5.74, 6) is -0.519. The molecule has 0 saturated carbocycles. The Morgan fingerprint density at radius 1 is 0.885 bits per heavy atom. The first kappa shape index (κ1) is 18.4. The van der Waals surface area contributed by atoms with E-state index < -0.39 is 0 Å². The number of benzene rings is 2. The van der Waals surface area contributed by atoms with Gasteiger partial charge in [0.15, 0.2) is 5.78 Å². The maximum absolute atomic E-state index is 12.0. The summed E-state index contributed by atoms with van der Waals surface area (Å²) in [5.41, 5.74) is 2.45. The van der Waals surface area contributed by atoms with E-state index in [1.54, 1.807) is 24.3 Å². The third kappa shape index (κ3) is 5.05. The van der Waals surface area contributed by atoms with Crippen LogP contribution in [0.3, 0.4) is 0 Å². The average molecular weight is 413 g/mol. The smallest absolute Gasteiger partial charge is 0.248 e. The monoisotopic (exact) mass is 412 g/mol. The number of carbonyl (C=O) groups is 2. The second kappa shape index (κ2) is 8.81. The maximum atomic E-state index is 12.0. The van der Waals surface area contributed by atoms with Crippen molar-refractivity contribution in [1.29, 1.82) is 0 Å². The largest absolute Gasteiger partial charge is 0.372 e. The molecular weight excluding hydrogens is 392 g/mol. The number of carbonyl (C=O) groups excluding carboxylic acids is 2. The van der Waals surface area contributed by atoms with Crippen molar-refractivity contribution in [3.8, 4) is 0 Å². The van der Waals surface area contributed by atoms with Crippen molar-refractivity contribution >= 4 is 39.0 Å². The van der Waals surface area contributed by atoms with Crippen LogP contribution in [0, 0.1) is 0 Å². The highest BCUT2D eigenvalue weighted by molar-refractivity contribution is 9.10. The molecule has 0 atom stereocenters. The van der Waals surface area contributed by atoms with Crippen LogP contribution in [0.15, 0.2) is 65.2 Å². The summed E-state index contributed by atoms with van der Waals surface area (Å²) >= 11 is 3.33. The lowest BCUT2D eigenvalue weighted by molar-refractivity contribution is -0.111. The number of amides is 1. The summed E-state index contributed by atoms with van der Waals surface area (Å²) < 4.78 is 0.906. The Labute approximate surface area is 162 Å². The van der Waals surface area contributed by atoms with Crippen molar-refractivity contribution in [3.63, 3.8) is 0 Å². The molecule has 0 aliphatic carbocycles. The number of hydrogen-bond acceptors (Lipinski definition) is 3. The standard InChI is InChI=1S/C21H21BrN2O2/c22-17-6-4-16(5-7-17)20(25)12-13-21(26)23-18-8-10-19(11-9-18)24-14-2-1-3-15-24/h4-13H,1-3,14-15H2,(H,23,26)/b13-12+. The fraction of sp³-hybridized carbons (Fsp3) is 0.238. The van der Waals surface area contributed by atoms with Crippen LogP contribution in [0.5, 0.6) is 0 Å². The molecule has 1 fully saturated rings. The van der Waals surface area contributed by atoms with Crippen LogP contribution in [0.4, 0.5) is 11.4 Å². The van der Waals surface area contributed by atoms with Gasteiger partial charge in [0.2, 0.25) is 5.91 Å². The predicted octanol–water partition coefficient (Wildman–Crippen LogP) is 4.82. The van der Waals surface area contributed by atoms with Gasteiger partial charge in [-0.15, -0.1) is 0 Å². The van der Waals surface area contributed by atoms with Crippen LogP contribution in [-0.2, 0) is 4.79 Å². The van der Waals surface area contributed by atoms with Crippen molar-refractivity contribution in [2.24, 2.45) is 0 Å². The number of halogens is 1. The van der Waals surface area contributed by atoms with Gasteiger partial charge in [-0.3, -0.25) is 9.59 Å². The van der Waals surface area contributed by atoms with E-state index in [2.05, 4.69) is 26.1 Å². The van der Waals surface area contributed by atoms with Crippen LogP contribution in [-0.4, -0.2) is 24.8 Å². The molecule has 1 N–H and O–H groups in total. The second-order valence-corrected chi connectivity index (χ2v) is 7.20. The van der Waals surface area contributed by atoms with Gasteiger partial charge in [-0.25, -0.2) is 0 Å². The number of nitrogens with zero attached hydrogens (tertiary/aromatic N) is 1. The van der Waals surface area contributed by atoms with Crippen molar-refractivity contribution < 1.29 is 9.59 Å².